The van der Waals surface area contributed by atoms with E-state index in [1.165, 1.54) is 0 Å². The summed E-state index contributed by atoms with van der Waals surface area (Å²) in [6, 6.07) is 0. The van der Waals surface area contributed by atoms with Crippen LogP contribution >= 0.6 is 0 Å². The van der Waals surface area contributed by atoms with E-state index >= 15 is 0 Å². The van der Waals surface area contributed by atoms with E-state index in [9.17, 15) is 14.9 Å². The number of nitrogens with zero attached hydrogens (tertiary/aromatic N) is 2. The third kappa shape index (κ3) is 6.36. The molecule has 1 spiro atoms. The van der Waals surface area contributed by atoms with E-state index in [4.69, 9.17) is 24.3 Å². The molecule has 10 nitrogen and oxygen atoms in total. The van der Waals surface area contributed by atoms with Crippen LogP contribution in [-0.4, -0.2) is 55.0 Å². The number of esters is 1. The molecule has 1 saturated carbocycles. The highest BCUT2D eigenvalue weighted by Gasteiger charge is 2.49. The molecule has 0 amide bonds. The minimum absolute atomic E-state index is 0.0951. The first-order valence-electron chi connectivity index (χ1n) is 7.86. The average molecular weight is 348 g/mol. The number of nitro groups is 2. The molecule has 0 aromatic rings. The van der Waals surface area contributed by atoms with Gasteiger partial charge in [-0.1, -0.05) is 0 Å². The zero-order valence-corrected chi connectivity index (χ0v) is 14.0. The highest BCUT2D eigenvalue weighted by molar-refractivity contribution is 5.70. The Morgan fingerprint density at radius 2 is 1.62 bits per heavy atom. The van der Waals surface area contributed by atoms with Crippen LogP contribution in [0.5, 0.6) is 0 Å². The van der Waals surface area contributed by atoms with Crippen molar-refractivity contribution in [2.75, 3.05) is 33.4 Å². The van der Waals surface area contributed by atoms with Crippen molar-refractivity contribution in [3.8, 4) is 0 Å². The highest BCUT2D eigenvalue weighted by Crippen LogP contribution is 2.46. The summed E-state index contributed by atoms with van der Waals surface area (Å²) in [5.41, 5.74) is -0.629. The molecule has 1 heterocycles. The van der Waals surface area contributed by atoms with Crippen molar-refractivity contribution in [1.29, 1.82) is 0 Å². The number of hydrogen-bond donors (Lipinski definition) is 0. The monoisotopic (exact) mass is 348 g/mol. The van der Waals surface area contributed by atoms with Crippen molar-refractivity contribution < 1.29 is 28.9 Å². The smallest absolute Gasteiger partial charge is 0.306 e. The van der Waals surface area contributed by atoms with E-state index in [0.29, 0.717) is 45.5 Å². The van der Waals surface area contributed by atoms with Crippen LogP contribution in [0.4, 0.5) is 0 Å². The second-order valence-electron chi connectivity index (χ2n) is 6.02. The normalized spacial score (nSPS) is 20.8. The second kappa shape index (κ2) is 8.88. The van der Waals surface area contributed by atoms with Gasteiger partial charge in [0.05, 0.1) is 26.2 Å². The number of carbonyl (C=O) groups excluding carboxylic acids is 1. The Morgan fingerprint density at radius 1 is 1.12 bits per heavy atom. The van der Waals surface area contributed by atoms with Gasteiger partial charge in [0.25, 0.3) is 0 Å². The fourth-order valence-electron chi connectivity index (χ4n) is 3.13. The van der Waals surface area contributed by atoms with Gasteiger partial charge in [0.15, 0.2) is 12.8 Å². The molecule has 2 rings (SSSR count). The molecule has 1 aliphatic heterocycles. The van der Waals surface area contributed by atoms with Gasteiger partial charge in [-0.2, -0.15) is 0 Å². The molecule has 1 aliphatic carbocycles. The fraction of sp³-hybridized carbons (Fsp3) is 0.929. The second-order valence-corrected chi connectivity index (χ2v) is 6.02. The molecule has 138 valence electrons. The highest BCUT2D eigenvalue weighted by atomic mass is 16.7. The van der Waals surface area contributed by atoms with Crippen molar-refractivity contribution in [1.82, 2.24) is 0 Å². The van der Waals surface area contributed by atoms with Gasteiger partial charge in [-0.3, -0.25) is 25.0 Å². The predicted octanol–water partition coefficient (Wildman–Crippen LogP) is 1.41. The van der Waals surface area contributed by atoms with Crippen molar-refractivity contribution in [2.45, 2.75) is 44.8 Å². The number of rotatable bonds is 5. The van der Waals surface area contributed by atoms with Gasteiger partial charge in [0.1, 0.15) is 0 Å². The molecular weight excluding hydrogens is 324 g/mol. The van der Waals surface area contributed by atoms with Crippen LogP contribution in [0, 0.1) is 25.6 Å². The van der Waals surface area contributed by atoms with E-state index < -0.39 is 16.1 Å². The van der Waals surface area contributed by atoms with Crippen molar-refractivity contribution in [2.24, 2.45) is 5.41 Å². The Hall–Kier alpha value is -1.81. The van der Waals surface area contributed by atoms with Crippen molar-refractivity contribution >= 4 is 5.97 Å². The molecule has 0 aromatic carbocycles. The van der Waals surface area contributed by atoms with Crippen LogP contribution < -0.4 is 0 Å². The average Bonchev–Trinajstić information content (AvgIpc) is 2.90. The molecule has 0 bridgehead atoms. The van der Waals surface area contributed by atoms with E-state index in [1.54, 1.807) is 6.92 Å². The maximum Gasteiger partial charge on any atom is 0.306 e. The van der Waals surface area contributed by atoms with Crippen LogP contribution in [0.1, 0.15) is 39.0 Å². The summed E-state index contributed by atoms with van der Waals surface area (Å²) >= 11 is 0. The molecule has 0 aromatic heterocycles. The Balaban J connectivity index is 0.000000648. The van der Waals surface area contributed by atoms with Crippen LogP contribution in [-0.2, 0) is 19.0 Å². The van der Waals surface area contributed by atoms with Gasteiger partial charge >= 0.3 is 5.97 Å². The van der Waals surface area contributed by atoms with Crippen molar-refractivity contribution in [3.05, 3.63) is 20.2 Å². The molecule has 0 N–H and O–H groups in total. The lowest BCUT2D eigenvalue weighted by atomic mass is 9.70. The van der Waals surface area contributed by atoms with Crippen LogP contribution in [0.15, 0.2) is 0 Å². The van der Waals surface area contributed by atoms with Gasteiger partial charge in [-0.05, 0) is 19.8 Å². The summed E-state index contributed by atoms with van der Waals surface area (Å²) in [4.78, 5) is 30.6. The van der Waals surface area contributed by atoms with Gasteiger partial charge in [0, 0.05) is 28.1 Å². The maximum atomic E-state index is 11.7. The predicted molar refractivity (Wildman–Crippen MR) is 81.6 cm³/mol. The summed E-state index contributed by atoms with van der Waals surface area (Å²) in [5, 5.41) is 19.7. The van der Waals surface area contributed by atoms with E-state index in [0.717, 1.165) is 7.05 Å². The lowest BCUT2D eigenvalue weighted by Gasteiger charge is -2.40. The summed E-state index contributed by atoms with van der Waals surface area (Å²) in [6.45, 7) is 2.96. The quantitative estimate of drug-likeness (QED) is 0.414. The van der Waals surface area contributed by atoms with E-state index in [-0.39, 0.29) is 23.9 Å². The van der Waals surface area contributed by atoms with Gasteiger partial charge in [-0.25, -0.2) is 0 Å². The van der Waals surface area contributed by atoms with Crippen molar-refractivity contribution in [3.63, 3.8) is 0 Å². The summed E-state index contributed by atoms with van der Waals surface area (Å²) in [7, 11) is 0.889. The van der Waals surface area contributed by atoms with E-state index in [1.807, 2.05) is 0 Å². The number of hydrogen-bond acceptors (Lipinski definition) is 8. The Kier molecular flexibility index (Phi) is 7.49. The molecule has 2 aliphatic rings. The molecule has 0 unspecified atom stereocenters. The first kappa shape index (κ1) is 20.2. The lowest BCUT2D eigenvalue weighted by molar-refractivity contribution is -0.500. The Bertz CT molecular complexity index is 448. The van der Waals surface area contributed by atoms with Crippen LogP contribution in [0.3, 0.4) is 0 Å². The molecule has 10 heteroatoms. The summed E-state index contributed by atoms with van der Waals surface area (Å²) < 4.78 is 16.2. The maximum absolute atomic E-state index is 11.7. The molecule has 24 heavy (non-hydrogen) atoms. The topological polar surface area (TPSA) is 131 Å². The molecular formula is C14H24N2O8. The molecule has 1 saturated heterocycles. The summed E-state index contributed by atoms with van der Waals surface area (Å²) in [6.07, 6.45) is 2.39. The minimum Gasteiger partial charge on any atom is -0.466 e. The SMILES string of the molecule is CCOC(=O)CC1(C[N+](=O)[O-])CCC2(CC1)OCCO2.C[N+](=O)[O-]. The number of ether oxygens (including phenoxy) is 3. The standard InChI is InChI=1S/C13H21NO6.CH3NO2/c1-2-18-11(15)9-12(10-14(16)17)3-5-13(6-4-12)19-7-8-20-13;1-2(3)4/h2-10H2,1H3;1H3. The first-order chi connectivity index (χ1) is 11.2. The van der Waals surface area contributed by atoms with Gasteiger partial charge in [0.2, 0.25) is 6.54 Å². The molecule has 0 radical (unpaired) electrons. The minimum atomic E-state index is -0.629. The van der Waals surface area contributed by atoms with Crippen LogP contribution in [0.25, 0.3) is 0 Å². The number of carbonyl (C=O) groups is 1. The molecule has 0 atom stereocenters. The largest absolute Gasteiger partial charge is 0.466 e. The first-order valence-corrected chi connectivity index (χ1v) is 7.86. The Morgan fingerprint density at radius 3 is 2.04 bits per heavy atom. The molecule has 2 fully saturated rings. The van der Waals surface area contributed by atoms with E-state index in [2.05, 4.69) is 0 Å². The lowest BCUT2D eigenvalue weighted by Crippen LogP contribution is -2.44. The fourth-order valence-corrected chi connectivity index (χ4v) is 3.13. The summed E-state index contributed by atoms with van der Waals surface area (Å²) in [5.74, 6) is -0.937. The zero-order chi connectivity index (χ0) is 18.2. The zero-order valence-electron chi connectivity index (χ0n) is 14.0. The Labute approximate surface area is 139 Å². The van der Waals surface area contributed by atoms with Gasteiger partial charge < -0.3 is 14.2 Å². The van der Waals surface area contributed by atoms with Gasteiger partial charge in [-0.15, -0.1) is 0 Å². The third-order valence-electron chi connectivity index (χ3n) is 4.18. The van der Waals surface area contributed by atoms with Crippen LogP contribution in [0.2, 0.25) is 0 Å². The third-order valence-corrected chi connectivity index (χ3v) is 4.18.